The standard InChI is InChI=1S/C25H30Cl2N2O4/c1-3-11-28-25(31)21(4-2)29(16-18-7-8-19(26)15-20(18)27)24(30)10-6-17-5-9-22-23(14-17)33-13-12-32-22/h5,7-9,14-15,21H,3-4,6,10-13,16H2,1-2H3,(H,28,31). The molecule has 0 saturated heterocycles. The first-order valence-electron chi connectivity index (χ1n) is 11.3. The van der Waals surface area contributed by atoms with Gasteiger partial charge in [-0.1, -0.05) is 49.2 Å². The quantitative estimate of drug-likeness (QED) is 0.504. The molecule has 1 aliphatic heterocycles. The van der Waals surface area contributed by atoms with Gasteiger partial charge in [-0.2, -0.15) is 0 Å². The van der Waals surface area contributed by atoms with Crippen LogP contribution in [0.3, 0.4) is 0 Å². The van der Waals surface area contributed by atoms with Gasteiger partial charge in [-0.3, -0.25) is 9.59 Å². The molecule has 1 aliphatic rings. The zero-order chi connectivity index (χ0) is 23.8. The summed E-state index contributed by atoms with van der Waals surface area (Å²) in [6, 6.07) is 10.3. The molecule has 0 fully saturated rings. The van der Waals surface area contributed by atoms with E-state index in [-0.39, 0.29) is 24.8 Å². The van der Waals surface area contributed by atoms with E-state index in [4.69, 9.17) is 32.7 Å². The van der Waals surface area contributed by atoms with Crippen LogP contribution in [0.5, 0.6) is 11.5 Å². The Bertz CT molecular complexity index is 983. The van der Waals surface area contributed by atoms with Gasteiger partial charge >= 0.3 is 0 Å². The molecule has 6 nitrogen and oxygen atoms in total. The lowest BCUT2D eigenvalue weighted by Crippen LogP contribution is -2.49. The first kappa shape index (κ1) is 25.2. The van der Waals surface area contributed by atoms with Crippen molar-refractivity contribution < 1.29 is 19.1 Å². The highest BCUT2D eigenvalue weighted by atomic mass is 35.5. The fraction of sp³-hybridized carbons (Fsp3) is 0.440. The summed E-state index contributed by atoms with van der Waals surface area (Å²) in [6.45, 7) is 5.73. The molecule has 1 atom stereocenters. The van der Waals surface area contributed by atoms with Crippen LogP contribution in [0.1, 0.15) is 44.2 Å². The van der Waals surface area contributed by atoms with Crippen molar-refractivity contribution in [1.82, 2.24) is 10.2 Å². The maximum absolute atomic E-state index is 13.4. The van der Waals surface area contributed by atoms with E-state index in [2.05, 4.69) is 5.32 Å². The van der Waals surface area contributed by atoms with Crippen molar-refractivity contribution in [2.75, 3.05) is 19.8 Å². The topological polar surface area (TPSA) is 67.9 Å². The number of aryl methyl sites for hydroxylation is 1. The third kappa shape index (κ3) is 6.78. The Balaban J connectivity index is 1.77. The molecule has 178 valence electrons. The van der Waals surface area contributed by atoms with Crippen LogP contribution in [0.4, 0.5) is 0 Å². The minimum Gasteiger partial charge on any atom is -0.486 e. The third-order valence-electron chi connectivity index (χ3n) is 5.53. The van der Waals surface area contributed by atoms with Crippen molar-refractivity contribution in [1.29, 1.82) is 0 Å². The molecule has 33 heavy (non-hydrogen) atoms. The molecule has 0 aliphatic carbocycles. The van der Waals surface area contributed by atoms with E-state index in [0.29, 0.717) is 54.1 Å². The Morgan fingerprint density at radius 3 is 2.52 bits per heavy atom. The minimum absolute atomic E-state index is 0.116. The van der Waals surface area contributed by atoms with Crippen LogP contribution < -0.4 is 14.8 Å². The monoisotopic (exact) mass is 492 g/mol. The number of hydrogen-bond acceptors (Lipinski definition) is 4. The number of hydrogen-bond donors (Lipinski definition) is 1. The highest BCUT2D eigenvalue weighted by Crippen LogP contribution is 2.31. The molecule has 1 unspecified atom stereocenters. The van der Waals surface area contributed by atoms with Crippen LogP contribution in [0.2, 0.25) is 10.0 Å². The van der Waals surface area contributed by atoms with Crippen molar-refractivity contribution in [3.05, 3.63) is 57.6 Å². The minimum atomic E-state index is -0.587. The fourth-order valence-electron chi connectivity index (χ4n) is 3.76. The Hall–Kier alpha value is -2.44. The SMILES string of the molecule is CCCNC(=O)C(CC)N(Cc1ccc(Cl)cc1Cl)C(=O)CCc1ccc2c(c1)OCCO2. The Morgan fingerprint density at radius 1 is 1.06 bits per heavy atom. The van der Waals surface area contributed by atoms with Crippen molar-refractivity contribution in [2.24, 2.45) is 0 Å². The molecule has 2 aromatic rings. The van der Waals surface area contributed by atoms with Gasteiger partial charge < -0.3 is 19.7 Å². The van der Waals surface area contributed by atoms with Gasteiger partial charge in [0.15, 0.2) is 11.5 Å². The van der Waals surface area contributed by atoms with Crippen LogP contribution >= 0.6 is 23.2 Å². The number of benzene rings is 2. The predicted octanol–water partition coefficient (Wildman–Crippen LogP) is 5.03. The van der Waals surface area contributed by atoms with Gasteiger partial charge in [0.1, 0.15) is 19.3 Å². The normalized spacial score (nSPS) is 13.3. The van der Waals surface area contributed by atoms with Gasteiger partial charge in [0.25, 0.3) is 0 Å². The van der Waals surface area contributed by atoms with Gasteiger partial charge in [-0.25, -0.2) is 0 Å². The number of carbonyl (C=O) groups excluding carboxylic acids is 2. The summed E-state index contributed by atoms with van der Waals surface area (Å²) in [7, 11) is 0. The van der Waals surface area contributed by atoms with Crippen molar-refractivity contribution in [3.8, 4) is 11.5 Å². The summed E-state index contributed by atoms with van der Waals surface area (Å²) in [5, 5.41) is 3.91. The number of fused-ring (bicyclic) bond motifs is 1. The lowest BCUT2D eigenvalue weighted by atomic mass is 10.1. The van der Waals surface area contributed by atoms with Crippen LogP contribution in [-0.4, -0.2) is 42.5 Å². The molecule has 2 amide bonds. The zero-order valence-corrected chi connectivity index (χ0v) is 20.5. The second kappa shape index (κ2) is 12.1. The molecule has 0 aromatic heterocycles. The lowest BCUT2D eigenvalue weighted by molar-refractivity contribution is -0.141. The van der Waals surface area contributed by atoms with E-state index in [1.165, 1.54) is 0 Å². The average molecular weight is 493 g/mol. The summed E-state index contributed by atoms with van der Waals surface area (Å²) in [5.41, 5.74) is 1.72. The summed E-state index contributed by atoms with van der Waals surface area (Å²) in [6.07, 6.45) is 2.09. The first-order chi connectivity index (χ1) is 15.9. The van der Waals surface area contributed by atoms with E-state index in [9.17, 15) is 9.59 Å². The summed E-state index contributed by atoms with van der Waals surface area (Å²) in [4.78, 5) is 27.9. The Kier molecular flexibility index (Phi) is 9.27. The molecule has 1 N–H and O–H groups in total. The van der Waals surface area contributed by atoms with Gasteiger partial charge in [-0.05, 0) is 54.7 Å². The fourth-order valence-corrected chi connectivity index (χ4v) is 4.23. The molecule has 0 spiro atoms. The summed E-state index contributed by atoms with van der Waals surface area (Å²) >= 11 is 12.4. The number of halogens is 2. The zero-order valence-electron chi connectivity index (χ0n) is 19.0. The van der Waals surface area contributed by atoms with Crippen LogP contribution in [0.25, 0.3) is 0 Å². The lowest BCUT2D eigenvalue weighted by Gasteiger charge is -2.31. The Morgan fingerprint density at radius 2 is 1.82 bits per heavy atom. The van der Waals surface area contributed by atoms with Crippen molar-refractivity contribution >= 4 is 35.0 Å². The number of nitrogens with one attached hydrogen (secondary N) is 1. The molecular weight excluding hydrogens is 463 g/mol. The number of nitrogens with zero attached hydrogens (tertiary/aromatic N) is 1. The van der Waals surface area contributed by atoms with E-state index in [0.717, 1.165) is 17.5 Å². The van der Waals surface area contributed by atoms with E-state index >= 15 is 0 Å². The number of rotatable bonds is 10. The smallest absolute Gasteiger partial charge is 0.242 e. The predicted molar refractivity (Wildman–Crippen MR) is 130 cm³/mol. The molecule has 0 saturated carbocycles. The Labute approximate surface area is 205 Å². The van der Waals surface area contributed by atoms with Gasteiger partial charge in [-0.15, -0.1) is 0 Å². The van der Waals surface area contributed by atoms with E-state index in [1.807, 2.05) is 32.0 Å². The van der Waals surface area contributed by atoms with Crippen LogP contribution in [-0.2, 0) is 22.6 Å². The molecule has 2 aromatic carbocycles. The number of carbonyl (C=O) groups is 2. The first-order valence-corrected chi connectivity index (χ1v) is 12.1. The second-order valence-corrected chi connectivity index (χ2v) is 8.79. The van der Waals surface area contributed by atoms with Gasteiger partial charge in [0.2, 0.25) is 11.8 Å². The van der Waals surface area contributed by atoms with Crippen molar-refractivity contribution in [3.63, 3.8) is 0 Å². The summed E-state index contributed by atoms with van der Waals surface area (Å²) in [5.74, 6) is 1.14. The molecule has 3 rings (SSSR count). The largest absolute Gasteiger partial charge is 0.486 e. The second-order valence-electron chi connectivity index (χ2n) is 7.95. The molecular formula is C25H30Cl2N2O4. The molecule has 1 heterocycles. The number of ether oxygens (including phenoxy) is 2. The highest BCUT2D eigenvalue weighted by Gasteiger charge is 2.29. The maximum atomic E-state index is 13.4. The maximum Gasteiger partial charge on any atom is 0.242 e. The summed E-state index contributed by atoms with van der Waals surface area (Å²) < 4.78 is 11.2. The van der Waals surface area contributed by atoms with Crippen LogP contribution in [0, 0.1) is 0 Å². The van der Waals surface area contributed by atoms with Gasteiger partial charge in [0.05, 0.1) is 0 Å². The molecule has 0 radical (unpaired) electrons. The molecule has 0 bridgehead atoms. The average Bonchev–Trinajstić information content (AvgIpc) is 2.82. The van der Waals surface area contributed by atoms with E-state index < -0.39 is 6.04 Å². The number of amides is 2. The van der Waals surface area contributed by atoms with Crippen molar-refractivity contribution in [2.45, 2.75) is 52.1 Å². The van der Waals surface area contributed by atoms with Crippen LogP contribution in [0.15, 0.2) is 36.4 Å². The van der Waals surface area contributed by atoms with E-state index in [1.54, 1.807) is 23.1 Å². The van der Waals surface area contributed by atoms with Gasteiger partial charge in [0, 0.05) is 29.6 Å². The highest BCUT2D eigenvalue weighted by molar-refractivity contribution is 6.35. The molecule has 8 heteroatoms. The third-order valence-corrected chi connectivity index (χ3v) is 6.11.